The summed E-state index contributed by atoms with van der Waals surface area (Å²) in [6.07, 6.45) is 8.68. The van der Waals surface area contributed by atoms with Crippen molar-refractivity contribution in [2.75, 3.05) is 11.9 Å². The highest BCUT2D eigenvalue weighted by molar-refractivity contribution is 7.17. The molecule has 2 aromatic carbocycles. The molecule has 0 aliphatic carbocycles. The monoisotopic (exact) mass is 405 g/mol. The van der Waals surface area contributed by atoms with Gasteiger partial charge in [0.05, 0.1) is 17.9 Å². The summed E-state index contributed by atoms with van der Waals surface area (Å²) in [5.74, 6) is -0.967. The van der Waals surface area contributed by atoms with Crippen LogP contribution in [0.25, 0.3) is 10.1 Å². The lowest BCUT2D eigenvalue weighted by Crippen LogP contribution is -2.04. The molecule has 3 N–H and O–H groups in total. The van der Waals surface area contributed by atoms with Crippen molar-refractivity contribution >= 4 is 38.8 Å². The SMILES string of the molecule is C=C/C=C\C(=C/CO)CCc1ccc(C(=O)O)c(Nc2ccc3sccc3c2)c1. The summed E-state index contributed by atoms with van der Waals surface area (Å²) in [5, 5.41) is 25.2. The van der Waals surface area contributed by atoms with Crippen LogP contribution in [0.5, 0.6) is 0 Å². The third kappa shape index (κ3) is 5.44. The lowest BCUT2D eigenvalue weighted by molar-refractivity contribution is 0.0698. The Labute approximate surface area is 174 Å². The lowest BCUT2D eigenvalue weighted by atomic mass is 10.0. The van der Waals surface area contributed by atoms with E-state index in [4.69, 9.17) is 0 Å². The maximum absolute atomic E-state index is 11.7. The van der Waals surface area contributed by atoms with E-state index in [-0.39, 0.29) is 12.2 Å². The molecule has 29 heavy (non-hydrogen) atoms. The highest BCUT2D eigenvalue weighted by atomic mass is 32.1. The predicted octanol–water partition coefficient (Wildman–Crippen LogP) is 5.94. The zero-order chi connectivity index (χ0) is 20.6. The Bertz CT molecular complexity index is 1080. The molecule has 0 aliphatic heterocycles. The van der Waals surface area contributed by atoms with Gasteiger partial charge in [0.2, 0.25) is 0 Å². The van der Waals surface area contributed by atoms with Gasteiger partial charge in [-0.2, -0.15) is 0 Å². The number of carboxylic acid groups (broad SMARTS) is 1. The van der Waals surface area contributed by atoms with Gasteiger partial charge in [-0.05, 0) is 71.1 Å². The Morgan fingerprint density at radius 1 is 1.17 bits per heavy atom. The minimum atomic E-state index is -0.967. The molecule has 3 aromatic rings. The first-order chi connectivity index (χ1) is 14.1. The molecule has 0 spiro atoms. The van der Waals surface area contributed by atoms with Gasteiger partial charge < -0.3 is 15.5 Å². The zero-order valence-electron chi connectivity index (χ0n) is 16.0. The van der Waals surface area contributed by atoms with Crippen molar-refractivity contribution in [2.45, 2.75) is 12.8 Å². The molecule has 0 saturated carbocycles. The fraction of sp³-hybridized carbons (Fsp3) is 0.125. The van der Waals surface area contributed by atoms with Gasteiger partial charge in [0.15, 0.2) is 0 Å². The second-order valence-corrected chi connectivity index (χ2v) is 7.49. The van der Waals surface area contributed by atoms with Crippen LogP contribution in [0.4, 0.5) is 11.4 Å². The van der Waals surface area contributed by atoms with Crippen LogP contribution < -0.4 is 5.32 Å². The number of aryl methyl sites for hydroxylation is 1. The average molecular weight is 406 g/mol. The van der Waals surface area contributed by atoms with Crippen LogP contribution in [0.3, 0.4) is 0 Å². The second-order valence-electron chi connectivity index (χ2n) is 6.54. The van der Waals surface area contributed by atoms with Gasteiger partial charge in [-0.25, -0.2) is 4.79 Å². The van der Waals surface area contributed by atoms with Gasteiger partial charge in [0.1, 0.15) is 0 Å². The number of allylic oxidation sites excluding steroid dienone is 4. The Balaban J connectivity index is 1.83. The molecular formula is C24H23NO3S. The molecule has 0 radical (unpaired) electrons. The molecule has 0 atom stereocenters. The predicted molar refractivity (Wildman–Crippen MR) is 121 cm³/mol. The van der Waals surface area contributed by atoms with Crippen molar-refractivity contribution in [3.05, 3.63) is 95.4 Å². The Hall–Kier alpha value is -3.15. The normalized spacial score (nSPS) is 11.8. The first kappa shape index (κ1) is 20.6. The van der Waals surface area contributed by atoms with Crippen LogP contribution >= 0.6 is 11.3 Å². The molecule has 148 valence electrons. The van der Waals surface area contributed by atoms with Crippen LogP contribution in [0, 0.1) is 0 Å². The van der Waals surface area contributed by atoms with E-state index in [0.29, 0.717) is 5.69 Å². The Kier molecular flexibility index (Phi) is 7.00. The largest absolute Gasteiger partial charge is 0.478 e. The molecule has 0 saturated heterocycles. The van der Waals surface area contributed by atoms with Crippen molar-refractivity contribution in [2.24, 2.45) is 0 Å². The van der Waals surface area contributed by atoms with E-state index >= 15 is 0 Å². The van der Waals surface area contributed by atoms with Crippen LogP contribution in [-0.2, 0) is 6.42 Å². The summed E-state index contributed by atoms with van der Waals surface area (Å²) >= 11 is 1.67. The van der Waals surface area contributed by atoms with E-state index in [1.165, 1.54) is 4.70 Å². The average Bonchev–Trinajstić information content (AvgIpc) is 3.18. The highest BCUT2D eigenvalue weighted by Gasteiger charge is 2.12. The number of benzene rings is 2. The van der Waals surface area contributed by atoms with Gasteiger partial charge in [-0.15, -0.1) is 11.3 Å². The molecule has 0 amide bonds. The van der Waals surface area contributed by atoms with Crippen molar-refractivity contribution in [3.63, 3.8) is 0 Å². The maximum Gasteiger partial charge on any atom is 0.337 e. The number of anilines is 2. The summed E-state index contributed by atoms with van der Waals surface area (Å²) in [6, 6.07) is 13.4. The van der Waals surface area contributed by atoms with E-state index in [9.17, 15) is 15.0 Å². The number of nitrogens with one attached hydrogen (secondary N) is 1. The molecular weight excluding hydrogens is 382 g/mol. The summed E-state index contributed by atoms with van der Waals surface area (Å²) in [4.78, 5) is 11.7. The van der Waals surface area contributed by atoms with Gasteiger partial charge in [-0.3, -0.25) is 0 Å². The summed E-state index contributed by atoms with van der Waals surface area (Å²) in [7, 11) is 0. The van der Waals surface area contributed by atoms with Crippen molar-refractivity contribution < 1.29 is 15.0 Å². The fourth-order valence-electron chi connectivity index (χ4n) is 3.09. The number of aliphatic hydroxyl groups is 1. The van der Waals surface area contributed by atoms with Crippen LogP contribution in [-0.4, -0.2) is 22.8 Å². The second kappa shape index (κ2) is 9.87. The number of thiophene rings is 1. The van der Waals surface area contributed by atoms with E-state index in [1.54, 1.807) is 29.6 Å². The van der Waals surface area contributed by atoms with E-state index in [1.807, 2.05) is 53.9 Å². The zero-order valence-corrected chi connectivity index (χ0v) is 16.8. The van der Waals surface area contributed by atoms with Crippen LogP contribution in [0.15, 0.2) is 84.3 Å². The van der Waals surface area contributed by atoms with Gasteiger partial charge in [0, 0.05) is 10.4 Å². The summed E-state index contributed by atoms with van der Waals surface area (Å²) < 4.78 is 1.19. The number of carboxylic acids is 1. The molecule has 5 heteroatoms. The number of rotatable bonds is 9. The molecule has 0 bridgehead atoms. The number of aliphatic hydroxyl groups excluding tert-OH is 1. The van der Waals surface area contributed by atoms with Crippen molar-refractivity contribution in [1.29, 1.82) is 0 Å². The highest BCUT2D eigenvalue weighted by Crippen LogP contribution is 2.28. The number of hydrogen-bond donors (Lipinski definition) is 3. The Morgan fingerprint density at radius 2 is 2.03 bits per heavy atom. The molecule has 3 rings (SSSR count). The van der Waals surface area contributed by atoms with E-state index in [2.05, 4.69) is 11.9 Å². The third-order valence-electron chi connectivity index (χ3n) is 4.55. The number of carbonyl (C=O) groups is 1. The number of hydrogen-bond acceptors (Lipinski definition) is 4. The molecule has 4 nitrogen and oxygen atoms in total. The van der Waals surface area contributed by atoms with Crippen LogP contribution in [0.1, 0.15) is 22.3 Å². The minimum absolute atomic E-state index is 0.0212. The first-order valence-corrected chi connectivity index (χ1v) is 10.2. The minimum Gasteiger partial charge on any atom is -0.478 e. The van der Waals surface area contributed by atoms with Gasteiger partial charge in [0.25, 0.3) is 0 Å². The molecule has 0 unspecified atom stereocenters. The summed E-state index contributed by atoms with van der Waals surface area (Å²) in [5.41, 5.74) is 3.68. The maximum atomic E-state index is 11.7. The first-order valence-electron chi connectivity index (χ1n) is 9.30. The smallest absolute Gasteiger partial charge is 0.337 e. The van der Waals surface area contributed by atoms with Gasteiger partial charge in [-0.1, -0.05) is 36.9 Å². The quantitative estimate of drug-likeness (QED) is 0.386. The lowest BCUT2D eigenvalue weighted by Gasteiger charge is -2.12. The standard InChI is InChI=1S/C24H23NO3S/c1-2-3-4-17(11-13-26)5-6-18-7-9-21(24(27)28)22(15-18)25-20-8-10-23-19(16-20)12-14-29-23/h2-4,7-12,14-16,25-26H,1,5-6,13H2,(H,27,28)/b4-3-,17-11+. The number of aromatic carboxylic acids is 1. The van der Waals surface area contributed by atoms with E-state index in [0.717, 1.165) is 35.1 Å². The summed E-state index contributed by atoms with van der Waals surface area (Å²) in [6.45, 7) is 3.64. The Morgan fingerprint density at radius 3 is 2.79 bits per heavy atom. The van der Waals surface area contributed by atoms with Crippen molar-refractivity contribution in [1.82, 2.24) is 0 Å². The number of fused-ring (bicyclic) bond motifs is 1. The molecule has 1 heterocycles. The van der Waals surface area contributed by atoms with E-state index < -0.39 is 5.97 Å². The van der Waals surface area contributed by atoms with Crippen molar-refractivity contribution in [3.8, 4) is 0 Å². The molecule has 0 aliphatic rings. The third-order valence-corrected chi connectivity index (χ3v) is 5.45. The van der Waals surface area contributed by atoms with Gasteiger partial charge >= 0.3 is 5.97 Å². The topological polar surface area (TPSA) is 69.6 Å². The van der Waals surface area contributed by atoms with Crippen LogP contribution in [0.2, 0.25) is 0 Å². The fourth-order valence-corrected chi connectivity index (χ4v) is 3.86. The molecule has 0 fully saturated rings. The molecule has 1 aromatic heterocycles.